The van der Waals surface area contributed by atoms with E-state index in [1.165, 1.54) is 5.56 Å². The largest absolute Gasteiger partial charge is 0.496 e. The van der Waals surface area contributed by atoms with Crippen LogP contribution in [0.15, 0.2) is 42.5 Å². The molecule has 5 nitrogen and oxygen atoms in total. The summed E-state index contributed by atoms with van der Waals surface area (Å²) in [5.74, 6) is 2.45. The fraction of sp³-hybridized carbons (Fsp3) is 0.429. The Bertz CT molecular complexity index is 694. The number of ether oxygens (including phenoxy) is 4. The smallest absolute Gasteiger partial charge is 0.144 e. The molecule has 0 aromatic heterocycles. The number of benzene rings is 2. The topological polar surface area (TPSA) is 40.2 Å². The molecule has 2 aromatic rings. The summed E-state index contributed by atoms with van der Waals surface area (Å²) in [6.45, 7) is 6.38. The van der Waals surface area contributed by atoms with Crippen molar-refractivity contribution in [1.82, 2.24) is 4.90 Å². The molecule has 1 fully saturated rings. The molecule has 140 valence electrons. The Hall–Kier alpha value is -2.24. The molecule has 0 N–H and O–H groups in total. The van der Waals surface area contributed by atoms with E-state index in [0.29, 0.717) is 6.61 Å². The number of hydrogen-bond acceptors (Lipinski definition) is 5. The maximum absolute atomic E-state index is 6.22. The van der Waals surface area contributed by atoms with Gasteiger partial charge in [0.15, 0.2) is 0 Å². The third-order valence-electron chi connectivity index (χ3n) is 4.52. The number of hydrogen-bond donors (Lipinski definition) is 0. The predicted molar refractivity (Wildman–Crippen MR) is 101 cm³/mol. The molecule has 1 aliphatic rings. The highest BCUT2D eigenvalue weighted by atomic mass is 16.5. The van der Waals surface area contributed by atoms with Gasteiger partial charge < -0.3 is 18.9 Å². The first-order valence-electron chi connectivity index (χ1n) is 8.98. The standard InChI is InChI=1S/C21H27NO4/c1-5-25-17-11-9-16(10-12-17)14-22-13-15(2)26-21(22)20-18(23-3)7-6-8-19(20)24-4/h6-12,15,21H,5,13-14H2,1-4H3/t15?,21-/m1/s1. The first-order chi connectivity index (χ1) is 12.7. The Labute approximate surface area is 155 Å². The minimum absolute atomic E-state index is 0.136. The zero-order valence-electron chi connectivity index (χ0n) is 15.9. The first-order valence-corrected chi connectivity index (χ1v) is 8.98. The molecule has 0 aliphatic carbocycles. The van der Waals surface area contributed by atoms with Crippen molar-refractivity contribution in [2.45, 2.75) is 32.7 Å². The van der Waals surface area contributed by atoms with Gasteiger partial charge in [-0.2, -0.15) is 0 Å². The van der Waals surface area contributed by atoms with Crippen molar-refractivity contribution in [3.05, 3.63) is 53.6 Å². The minimum atomic E-state index is -0.206. The van der Waals surface area contributed by atoms with Crippen LogP contribution in [0.25, 0.3) is 0 Å². The molecule has 2 aromatic carbocycles. The van der Waals surface area contributed by atoms with Crippen LogP contribution in [0.5, 0.6) is 17.2 Å². The van der Waals surface area contributed by atoms with Crippen LogP contribution in [0.4, 0.5) is 0 Å². The second kappa shape index (κ2) is 8.43. The molecule has 3 rings (SSSR count). The van der Waals surface area contributed by atoms with E-state index in [-0.39, 0.29) is 12.3 Å². The van der Waals surface area contributed by atoms with Crippen molar-refractivity contribution in [2.24, 2.45) is 0 Å². The van der Waals surface area contributed by atoms with E-state index >= 15 is 0 Å². The summed E-state index contributed by atoms with van der Waals surface area (Å²) in [6, 6.07) is 14.0. The number of rotatable bonds is 7. The summed E-state index contributed by atoms with van der Waals surface area (Å²) in [7, 11) is 3.35. The van der Waals surface area contributed by atoms with Crippen LogP contribution >= 0.6 is 0 Å². The van der Waals surface area contributed by atoms with Crippen molar-refractivity contribution in [1.29, 1.82) is 0 Å². The Morgan fingerprint density at radius 2 is 1.69 bits per heavy atom. The van der Waals surface area contributed by atoms with Crippen molar-refractivity contribution in [3.8, 4) is 17.2 Å². The number of nitrogens with zero attached hydrogens (tertiary/aromatic N) is 1. The molecular formula is C21H27NO4. The van der Waals surface area contributed by atoms with Crippen LogP contribution in [-0.4, -0.2) is 38.4 Å². The summed E-state index contributed by atoms with van der Waals surface area (Å²) >= 11 is 0. The van der Waals surface area contributed by atoms with Crippen molar-refractivity contribution < 1.29 is 18.9 Å². The molecule has 0 saturated carbocycles. The van der Waals surface area contributed by atoms with Crippen LogP contribution in [0.3, 0.4) is 0 Å². The van der Waals surface area contributed by atoms with Gasteiger partial charge in [-0.05, 0) is 43.7 Å². The summed E-state index contributed by atoms with van der Waals surface area (Å²) in [6.07, 6.45) is -0.0695. The molecular weight excluding hydrogens is 330 g/mol. The molecule has 26 heavy (non-hydrogen) atoms. The van der Waals surface area contributed by atoms with E-state index in [2.05, 4.69) is 24.0 Å². The molecule has 1 aliphatic heterocycles. The number of methoxy groups -OCH3 is 2. The third kappa shape index (κ3) is 3.94. The zero-order chi connectivity index (χ0) is 18.5. The zero-order valence-corrected chi connectivity index (χ0v) is 15.9. The lowest BCUT2D eigenvalue weighted by Crippen LogP contribution is -2.24. The summed E-state index contributed by atoms with van der Waals surface area (Å²) in [5, 5.41) is 0. The first kappa shape index (κ1) is 18.5. The van der Waals surface area contributed by atoms with Crippen LogP contribution < -0.4 is 14.2 Å². The fourth-order valence-electron chi connectivity index (χ4n) is 3.39. The van der Waals surface area contributed by atoms with E-state index in [0.717, 1.165) is 35.9 Å². The van der Waals surface area contributed by atoms with Gasteiger partial charge in [0.2, 0.25) is 0 Å². The summed E-state index contributed by atoms with van der Waals surface area (Å²) in [4.78, 5) is 2.31. The Kier molecular flexibility index (Phi) is 6.01. The second-order valence-electron chi connectivity index (χ2n) is 6.38. The average molecular weight is 357 g/mol. The molecule has 1 unspecified atom stereocenters. The van der Waals surface area contributed by atoms with Crippen molar-refractivity contribution >= 4 is 0 Å². The molecule has 1 heterocycles. The Morgan fingerprint density at radius 1 is 1.04 bits per heavy atom. The van der Waals surface area contributed by atoms with Gasteiger partial charge in [0.25, 0.3) is 0 Å². The molecule has 2 atom stereocenters. The highest BCUT2D eigenvalue weighted by Gasteiger charge is 2.35. The molecule has 1 saturated heterocycles. The van der Waals surface area contributed by atoms with Crippen LogP contribution in [-0.2, 0) is 11.3 Å². The highest BCUT2D eigenvalue weighted by molar-refractivity contribution is 5.46. The van der Waals surface area contributed by atoms with Gasteiger partial charge in [0.05, 0.1) is 32.5 Å². The van der Waals surface area contributed by atoms with Crippen molar-refractivity contribution in [3.63, 3.8) is 0 Å². The lowest BCUT2D eigenvalue weighted by Gasteiger charge is -2.26. The second-order valence-corrected chi connectivity index (χ2v) is 6.38. The van der Waals surface area contributed by atoms with E-state index in [4.69, 9.17) is 18.9 Å². The maximum Gasteiger partial charge on any atom is 0.144 e. The van der Waals surface area contributed by atoms with Crippen LogP contribution in [0, 0.1) is 0 Å². The Morgan fingerprint density at radius 3 is 2.27 bits per heavy atom. The van der Waals surface area contributed by atoms with Crippen LogP contribution in [0.1, 0.15) is 31.2 Å². The molecule has 0 amide bonds. The predicted octanol–water partition coefficient (Wildman–Crippen LogP) is 4.02. The third-order valence-corrected chi connectivity index (χ3v) is 4.52. The minimum Gasteiger partial charge on any atom is -0.496 e. The van der Waals surface area contributed by atoms with Gasteiger partial charge >= 0.3 is 0 Å². The van der Waals surface area contributed by atoms with E-state index < -0.39 is 0 Å². The van der Waals surface area contributed by atoms with Gasteiger partial charge in [-0.1, -0.05) is 18.2 Å². The molecule has 0 bridgehead atoms. The molecule has 5 heteroatoms. The quantitative estimate of drug-likeness (QED) is 0.748. The monoisotopic (exact) mass is 357 g/mol. The highest BCUT2D eigenvalue weighted by Crippen LogP contribution is 2.41. The van der Waals surface area contributed by atoms with Gasteiger partial charge in [-0.3, -0.25) is 4.90 Å². The normalized spacial score (nSPS) is 20.2. The van der Waals surface area contributed by atoms with Gasteiger partial charge in [0, 0.05) is 13.1 Å². The lowest BCUT2D eigenvalue weighted by molar-refractivity contribution is -0.00143. The van der Waals surface area contributed by atoms with Gasteiger partial charge in [-0.25, -0.2) is 0 Å². The summed E-state index contributed by atoms with van der Waals surface area (Å²) < 4.78 is 22.9. The lowest BCUT2D eigenvalue weighted by atomic mass is 10.1. The maximum atomic E-state index is 6.22. The van der Waals surface area contributed by atoms with Gasteiger partial charge in [-0.15, -0.1) is 0 Å². The SMILES string of the molecule is CCOc1ccc(CN2CC(C)O[C@@H]2c2c(OC)cccc2OC)cc1. The fourth-order valence-corrected chi connectivity index (χ4v) is 3.39. The summed E-state index contributed by atoms with van der Waals surface area (Å²) in [5.41, 5.74) is 2.15. The van der Waals surface area contributed by atoms with E-state index in [1.807, 2.05) is 37.3 Å². The van der Waals surface area contributed by atoms with Crippen LogP contribution in [0.2, 0.25) is 0 Å². The van der Waals surface area contributed by atoms with Crippen molar-refractivity contribution in [2.75, 3.05) is 27.4 Å². The van der Waals surface area contributed by atoms with E-state index in [9.17, 15) is 0 Å². The average Bonchev–Trinajstić information content (AvgIpc) is 3.02. The van der Waals surface area contributed by atoms with E-state index in [1.54, 1.807) is 14.2 Å². The molecule has 0 radical (unpaired) electrons. The van der Waals surface area contributed by atoms with Gasteiger partial charge in [0.1, 0.15) is 23.5 Å². The Balaban J connectivity index is 1.85. The molecule has 0 spiro atoms.